The second-order valence-electron chi connectivity index (χ2n) is 29.9. The van der Waals surface area contributed by atoms with Gasteiger partial charge in [0.25, 0.3) is 0 Å². The van der Waals surface area contributed by atoms with Crippen LogP contribution in [-0.4, -0.2) is 120 Å². The number of nitrogens with one attached hydrogen (secondary N) is 3. The van der Waals surface area contributed by atoms with E-state index in [4.69, 9.17) is 36.9 Å². The quantitative estimate of drug-likeness (QED) is 0.0520. The topological polar surface area (TPSA) is 300 Å². The Hall–Kier alpha value is -11.2. The van der Waals surface area contributed by atoms with Crippen molar-refractivity contribution in [3.63, 3.8) is 0 Å². The SMILES string of the molecule is CC(C)(C)COC(=O)N1CCC(c2nc(-c3cc4ccccc4[nH]3)c3c(N)nccn23)CC1.Cc1ccc(C)c(S(=O)(=O)N2CCC(c3nc(-c4cc5ccccc5[nH]4)c4c(N)nccn34)CC2)c1.Nc1nccn2c(C3CCC(C(=O)CCCCc4ccccc4)CC3)nc(-c3cc4ccccc4[nH]3)c12. The minimum Gasteiger partial charge on any atom is -0.449 e. The van der Waals surface area contributed by atoms with Crippen molar-refractivity contribution in [2.45, 2.75) is 134 Å². The number of piperidine rings is 2. The van der Waals surface area contributed by atoms with Crippen molar-refractivity contribution in [3.8, 4) is 34.2 Å². The monoisotopic (exact) mass is 1440 g/mol. The first kappa shape index (κ1) is 70.5. The lowest BCUT2D eigenvalue weighted by molar-refractivity contribution is -0.124. The molecule has 23 heteroatoms. The summed E-state index contributed by atoms with van der Waals surface area (Å²) in [4.78, 5) is 66.2. The molecule has 11 heterocycles. The van der Waals surface area contributed by atoms with Gasteiger partial charge in [0.1, 0.15) is 74.3 Å². The summed E-state index contributed by atoms with van der Waals surface area (Å²) in [6.07, 6.45) is 21.2. The van der Waals surface area contributed by atoms with Crippen LogP contribution in [0.5, 0.6) is 0 Å². The van der Waals surface area contributed by atoms with E-state index in [0.29, 0.717) is 86.1 Å². The standard InChI is InChI=1S/C31H33N5O.C27H28N6O2S.C25H30N6O2/c32-30-29-28(26-20-24-11-5-6-12-25(24)34-26)35-31(36(29)19-18-33-30)23-16-14-22(15-17-23)27(37)13-7-4-10-21-8-2-1-3-9-21;1-17-7-8-18(2)23(15-17)36(34,35)32-12-9-19(10-13-32)27-31-24(25-26(28)29-11-14-33(25)27)22-16-20-5-3-4-6-21(20)30-22;1-25(2,3)15-33-24(32)30-11-8-16(9-12-30)23-29-20(21-22(26)27-10-13-31(21)23)19-14-17-6-4-5-7-18(17)28-19/h1-3,5-6,8-9,11-12,18-20,22-23,34H,4,7,10,13-17H2,(H2,32,33);3-8,11,14-16,19,30H,9-10,12-13H2,1-2H3,(H2,28,29);4-7,10,13-14,16,28H,8-9,11-12,15H2,1-3H3,(H2,26,27). The van der Waals surface area contributed by atoms with E-state index < -0.39 is 10.0 Å². The fourth-order valence-electron chi connectivity index (χ4n) is 15.6. The van der Waals surface area contributed by atoms with Gasteiger partial charge in [-0.1, -0.05) is 118 Å². The van der Waals surface area contributed by atoms with Crippen LogP contribution in [0.3, 0.4) is 0 Å². The minimum atomic E-state index is -3.55. The number of aryl methyl sites for hydroxylation is 3. The Labute approximate surface area is 615 Å². The van der Waals surface area contributed by atoms with E-state index >= 15 is 0 Å². The molecule has 0 atom stereocenters. The molecule has 0 radical (unpaired) electrons. The molecule has 3 fully saturated rings. The summed E-state index contributed by atoms with van der Waals surface area (Å²) < 4.78 is 40.1. The van der Waals surface area contributed by atoms with Gasteiger partial charge in [0.05, 0.1) is 28.6 Å². The zero-order valence-corrected chi connectivity index (χ0v) is 61.5. The van der Waals surface area contributed by atoms with Gasteiger partial charge in [-0.3, -0.25) is 18.0 Å². The van der Waals surface area contributed by atoms with E-state index in [2.05, 4.69) is 126 Å². The largest absolute Gasteiger partial charge is 0.449 e. The number of ketones is 1. The van der Waals surface area contributed by atoms with Crippen molar-refractivity contribution in [1.29, 1.82) is 0 Å². The molecule has 106 heavy (non-hydrogen) atoms. The lowest BCUT2D eigenvalue weighted by Gasteiger charge is -2.31. The Morgan fingerprint density at radius 1 is 0.519 bits per heavy atom. The first-order valence-corrected chi connectivity index (χ1v) is 38.4. The molecule has 1 saturated carbocycles. The molecule has 1 amide bonds. The second kappa shape index (κ2) is 29.8. The normalized spacial score (nSPS) is 16.4. The Morgan fingerprint density at radius 3 is 1.39 bits per heavy atom. The van der Waals surface area contributed by atoms with Crippen LogP contribution in [0.2, 0.25) is 0 Å². The number of amides is 1. The third kappa shape index (κ3) is 14.6. The first-order valence-electron chi connectivity index (χ1n) is 37.0. The summed E-state index contributed by atoms with van der Waals surface area (Å²) in [5.41, 5.74) is 32.8. The summed E-state index contributed by atoms with van der Waals surface area (Å²) in [5, 5.41) is 3.37. The lowest BCUT2D eigenvalue weighted by atomic mass is 9.78. The maximum absolute atomic E-state index is 13.4. The molecule has 0 spiro atoms. The Bertz CT molecular complexity index is 5540. The van der Waals surface area contributed by atoms with E-state index in [1.807, 2.05) is 104 Å². The number of hydrogen-bond donors (Lipinski definition) is 6. The zero-order chi connectivity index (χ0) is 73.4. The van der Waals surface area contributed by atoms with Gasteiger partial charge in [-0.2, -0.15) is 4.31 Å². The molecule has 1 aliphatic carbocycles. The van der Waals surface area contributed by atoms with Crippen molar-refractivity contribution in [2.24, 2.45) is 11.3 Å². The highest BCUT2D eigenvalue weighted by molar-refractivity contribution is 7.89. The lowest BCUT2D eigenvalue weighted by Crippen LogP contribution is -2.39. The molecule has 14 aromatic rings. The van der Waals surface area contributed by atoms with Crippen molar-refractivity contribution in [3.05, 3.63) is 211 Å². The molecule has 2 saturated heterocycles. The number of carbonyl (C=O) groups excluding carboxylic acids is 2. The predicted octanol–water partition coefficient (Wildman–Crippen LogP) is 16.2. The van der Waals surface area contributed by atoms with Crippen LogP contribution >= 0.6 is 0 Å². The molecule has 17 rings (SSSR count). The fraction of sp³-hybridized carbons (Fsp3) is 0.325. The number of nitrogens with two attached hydrogens (primary N) is 3. The number of aromatic amines is 3. The van der Waals surface area contributed by atoms with Crippen molar-refractivity contribution in [2.75, 3.05) is 50.0 Å². The van der Waals surface area contributed by atoms with Crippen LogP contribution in [0.1, 0.15) is 143 Å². The molecule has 2 aliphatic heterocycles. The molecule has 544 valence electrons. The number of sulfonamides is 1. The van der Waals surface area contributed by atoms with Gasteiger partial charge >= 0.3 is 6.09 Å². The van der Waals surface area contributed by atoms with Gasteiger partial charge in [0, 0.05) is 126 Å². The van der Waals surface area contributed by atoms with Crippen LogP contribution in [-0.2, 0) is 26.0 Å². The molecule has 0 bridgehead atoms. The number of ether oxygens (including phenoxy) is 1. The number of unbranched alkanes of at least 4 members (excludes halogenated alkanes) is 1. The molecule has 9 aromatic heterocycles. The third-order valence-electron chi connectivity index (χ3n) is 21.2. The van der Waals surface area contributed by atoms with Gasteiger partial charge in [0.15, 0.2) is 0 Å². The highest BCUT2D eigenvalue weighted by atomic mass is 32.2. The van der Waals surface area contributed by atoms with E-state index in [9.17, 15) is 18.0 Å². The summed E-state index contributed by atoms with van der Waals surface area (Å²) in [6, 6.07) is 46.9. The molecule has 22 nitrogen and oxygen atoms in total. The highest BCUT2D eigenvalue weighted by Crippen LogP contribution is 2.42. The molecular formula is C83H91N17O5S. The maximum atomic E-state index is 13.4. The van der Waals surface area contributed by atoms with Crippen molar-refractivity contribution in [1.82, 2.24) is 67.3 Å². The third-order valence-corrected chi connectivity index (χ3v) is 23.3. The summed E-state index contributed by atoms with van der Waals surface area (Å²) in [6.45, 7) is 12.5. The number of Topliss-reactive ketones (excluding diaryl/α,β-unsaturated/α-hetero) is 1. The summed E-state index contributed by atoms with van der Waals surface area (Å²) in [7, 11) is -3.55. The van der Waals surface area contributed by atoms with Crippen molar-refractivity contribution < 1.29 is 22.7 Å². The number of H-pyrrole nitrogens is 3. The number of nitrogens with zero attached hydrogens (tertiary/aromatic N) is 11. The number of imidazole rings is 3. The predicted molar refractivity (Wildman–Crippen MR) is 419 cm³/mol. The van der Waals surface area contributed by atoms with Crippen LogP contribution in [0.15, 0.2) is 182 Å². The molecule has 3 aliphatic rings. The van der Waals surface area contributed by atoms with Crippen molar-refractivity contribution >= 4 is 88.6 Å². The van der Waals surface area contributed by atoms with Gasteiger partial charge in [0.2, 0.25) is 10.0 Å². The number of fused-ring (bicyclic) bond motifs is 6. The summed E-state index contributed by atoms with van der Waals surface area (Å²) in [5.74, 6) is 5.44. The van der Waals surface area contributed by atoms with Crippen LogP contribution < -0.4 is 17.2 Å². The number of carbonyl (C=O) groups is 2. The van der Waals surface area contributed by atoms with Gasteiger partial charge in [-0.25, -0.2) is 43.1 Å². The first-order chi connectivity index (χ1) is 51.3. The van der Waals surface area contributed by atoms with E-state index in [1.165, 1.54) is 5.56 Å². The number of hydrogen-bond acceptors (Lipinski definition) is 14. The smallest absolute Gasteiger partial charge is 0.409 e. The Morgan fingerprint density at radius 2 is 0.943 bits per heavy atom. The van der Waals surface area contributed by atoms with Crippen LogP contribution in [0.25, 0.3) is 83.4 Å². The maximum Gasteiger partial charge on any atom is 0.409 e. The Balaban J connectivity index is 0.000000128. The van der Waals surface area contributed by atoms with E-state index in [0.717, 1.165) is 170 Å². The number of likely N-dealkylation sites (tertiary alicyclic amines) is 1. The number of aromatic nitrogens is 12. The zero-order valence-electron chi connectivity index (χ0n) is 60.7. The van der Waals surface area contributed by atoms with Gasteiger partial charge in [-0.05, 0) is 149 Å². The average Bonchev–Trinajstić information content (AvgIpc) is 1.60. The summed E-state index contributed by atoms with van der Waals surface area (Å²) >= 11 is 0. The van der Waals surface area contributed by atoms with E-state index in [1.54, 1.807) is 33.9 Å². The Kier molecular flexibility index (Phi) is 19.8. The average molecular weight is 1440 g/mol. The number of rotatable bonds is 15. The number of anilines is 3. The highest BCUT2D eigenvalue weighted by Gasteiger charge is 2.36. The van der Waals surface area contributed by atoms with Crippen LogP contribution in [0, 0.1) is 25.2 Å². The fourth-order valence-corrected chi connectivity index (χ4v) is 17.4. The van der Waals surface area contributed by atoms with Gasteiger partial charge in [-0.15, -0.1) is 0 Å². The number of benzene rings is 5. The van der Waals surface area contributed by atoms with Gasteiger partial charge < -0.3 is 41.8 Å². The molecule has 5 aromatic carbocycles. The second-order valence-corrected chi connectivity index (χ2v) is 31.8. The number of nitrogen functional groups attached to an aromatic ring is 3. The minimum absolute atomic E-state index is 0.0459. The molecule has 0 unspecified atom stereocenters. The molecule has 9 N–H and O–H groups in total. The molecular weight excluding hydrogens is 1350 g/mol. The van der Waals surface area contributed by atoms with Crippen LogP contribution in [0.4, 0.5) is 22.2 Å². The number of para-hydroxylation sites is 3. The van der Waals surface area contributed by atoms with E-state index in [-0.39, 0.29) is 29.3 Å².